The van der Waals surface area contributed by atoms with Gasteiger partial charge in [0.1, 0.15) is 0 Å². The molecule has 0 radical (unpaired) electrons. The van der Waals surface area contributed by atoms with Crippen LogP contribution in [0.2, 0.25) is 5.02 Å². The lowest BCUT2D eigenvalue weighted by Gasteiger charge is -2.20. The molecule has 4 nitrogen and oxygen atoms in total. The fourth-order valence-corrected chi connectivity index (χ4v) is 1.59. The summed E-state index contributed by atoms with van der Waals surface area (Å²) in [6.07, 6.45) is 2.96. The van der Waals surface area contributed by atoms with Gasteiger partial charge < -0.3 is 10.6 Å². The molecule has 0 spiro atoms. The number of halogens is 1. The van der Waals surface area contributed by atoms with Gasteiger partial charge in [0.05, 0.1) is 22.1 Å². The van der Waals surface area contributed by atoms with E-state index in [2.05, 4.69) is 4.98 Å². The fraction of sp³-hybridized carbons (Fsp3) is 0.300. The van der Waals surface area contributed by atoms with Crippen LogP contribution in [0.4, 0.5) is 0 Å². The van der Waals surface area contributed by atoms with Crippen molar-refractivity contribution in [1.82, 2.24) is 9.88 Å². The Morgan fingerprint density at radius 2 is 2.38 bits per heavy atom. The zero-order chi connectivity index (χ0) is 12.1. The van der Waals surface area contributed by atoms with Gasteiger partial charge in [-0.15, -0.1) is 0 Å². The van der Waals surface area contributed by atoms with Crippen molar-refractivity contribution in [3.63, 3.8) is 0 Å². The molecule has 0 aliphatic rings. The molecular formula is C10H12ClN3OS. The number of nitrogens with two attached hydrogens (primary N) is 1. The third kappa shape index (κ3) is 3.15. The van der Waals surface area contributed by atoms with E-state index in [1.807, 2.05) is 6.92 Å². The monoisotopic (exact) mass is 257 g/mol. The number of amides is 1. The summed E-state index contributed by atoms with van der Waals surface area (Å²) in [5, 5.41) is 0.328. The molecule has 16 heavy (non-hydrogen) atoms. The first-order valence-corrected chi connectivity index (χ1v) is 5.52. The van der Waals surface area contributed by atoms with Crippen molar-refractivity contribution in [3.8, 4) is 0 Å². The van der Waals surface area contributed by atoms with Gasteiger partial charge in [0.2, 0.25) is 0 Å². The Morgan fingerprint density at radius 3 is 2.88 bits per heavy atom. The largest absolute Gasteiger partial charge is 0.392 e. The number of likely N-dealkylation sites (N-methyl/N-ethyl adjacent to an activating group) is 1. The molecule has 1 aromatic rings. The van der Waals surface area contributed by atoms with Crippen LogP contribution in [-0.4, -0.2) is 33.9 Å². The van der Waals surface area contributed by atoms with Crippen LogP contribution >= 0.6 is 23.8 Å². The molecule has 0 saturated carbocycles. The van der Waals surface area contributed by atoms with Gasteiger partial charge in [0, 0.05) is 18.9 Å². The van der Waals surface area contributed by atoms with Crippen molar-refractivity contribution in [1.29, 1.82) is 0 Å². The summed E-state index contributed by atoms with van der Waals surface area (Å²) in [5.74, 6) is -0.192. The topological polar surface area (TPSA) is 59.2 Å². The van der Waals surface area contributed by atoms with E-state index in [0.29, 0.717) is 17.1 Å². The maximum Gasteiger partial charge on any atom is 0.255 e. The van der Waals surface area contributed by atoms with Gasteiger partial charge in [-0.1, -0.05) is 23.8 Å². The van der Waals surface area contributed by atoms with Crippen molar-refractivity contribution >= 4 is 34.7 Å². The summed E-state index contributed by atoms with van der Waals surface area (Å²) < 4.78 is 0. The quantitative estimate of drug-likeness (QED) is 0.831. The minimum atomic E-state index is -0.192. The van der Waals surface area contributed by atoms with E-state index in [0.717, 1.165) is 0 Å². The first-order valence-electron chi connectivity index (χ1n) is 4.73. The molecule has 1 heterocycles. The van der Waals surface area contributed by atoms with Gasteiger partial charge in [-0.25, -0.2) is 0 Å². The minimum Gasteiger partial charge on any atom is -0.392 e. The fourth-order valence-electron chi connectivity index (χ4n) is 1.23. The van der Waals surface area contributed by atoms with Crippen molar-refractivity contribution in [2.45, 2.75) is 6.92 Å². The minimum absolute atomic E-state index is 0.192. The molecular weight excluding hydrogens is 246 g/mol. The number of hydrogen-bond donors (Lipinski definition) is 1. The van der Waals surface area contributed by atoms with Crippen LogP contribution < -0.4 is 5.73 Å². The van der Waals surface area contributed by atoms with Crippen molar-refractivity contribution < 1.29 is 4.79 Å². The molecule has 0 aromatic carbocycles. The van der Waals surface area contributed by atoms with E-state index >= 15 is 0 Å². The summed E-state index contributed by atoms with van der Waals surface area (Å²) in [6, 6.07) is 1.58. The molecule has 0 saturated heterocycles. The molecule has 1 rings (SSSR count). The molecule has 0 fully saturated rings. The SMILES string of the molecule is CCN(CC(N)=S)C(=O)c1ccncc1Cl. The number of aromatic nitrogens is 1. The van der Waals surface area contributed by atoms with Crippen molar-refractivity contribution in [3.05, 3.63) is 29.0 Å². The van der Waals surface area contributed by atoms with Crippen molar-refractivity contribution in [2.75, 3.05) is 13.1 Å². The van der Waals surface area contributed by atoms with E-state index in [1.165, 1.54) is 17.3 Å². The maximum absolute atomic E-state index is 12.0. The van der Waals surface area contributed by atoms with Gasteiger partial charge in [-0.05, 0) is 13.0 Å². The van der Waals surface area contributed by atoms with E-state index < -0.39 is 0 Å². The number of pyridine rings is 1. The number of hydrogen-bond acceptors (Lipinski definition) is 3. The molecule has 0 aliphatic carbocycles. The van der Waals surface area contributed by atoms with Crippen LogP contribution in [0.1, 0.15) is 17.3 Å². The lowest BCUT2D eigenvalue weighted by atomic mass is 10.2. The highest BCUT2D eigenvalue weighted by atomic mass is 35.5. The zero-order valence-electron chi connectivity index (χ0n) is 8.81. The van der Waals surface area contributed by atoms with E-state index in [9.17, 15) is 4.79 Å². The summed E-state index contributed by atoms with van der Waals surface area (Å²) in [4.78, 5) is 17.7. The highest BCUT2D eigenvalue weighted by molar-refractivity contribution is 7.80. The van der Waals surface area contributed by atoms with E-state index in [-0.39, 0.29) is 17.4 Å². The van der Waals surface area contributed by atoms with E-state index in [1.54, 1.807) is 6.07 Å². The molecule has 86 valence electrons. The van der Waals surface area contributed by atoms with E-state index in [4.69, 9.17) is 29.6 Å². The van der Waals surface area contributed by atoms with Gasteiger partial charge in [-0.3, -0.25) is 9.78 Å². The second kappa shape index (κ2) is 5.77. The van der Waals surface area contributed by atoms with Crippen LogP contribution in [-0.2, 0) is 0 Å². The maximum atomic E-state index is 12.0. The second-order valence-corrected chi connectivity index (χ2v) is 4.07. The third-order valence-electron chi connectivity index (χ3n) is 2.02. The Morgan fingerprint density at radius 1 is 1.69 bits per heavy atom. The Bertz CT molecular complexity index is 411. The first kappa shape index (κ1) is 12.9. The van der Waals surface area contributed by atoms with Gasteiger partial charge >= 0.3 is 0 Å². The number of nitrogens with zero attached hydrogens (tertiary/aromatic N) is 2. The van der Waals surface area contributed by atoms with Crippen LogP contribution in [0, 0.1) is 0 Å². The highest BCUT2D eigenvalue weighted by Crippen LogP contribution is 2.15. The van der Waals surface area contributed by atoms with Crippen LogP contribution in [0.3, 0.4) is 0 Å². The molecule has 6 heteroatoms. The number of rotatable bonds is 4. The predicted molar refractivity (Wildman–Crippen MR) is 67.6 cm³/mol. The Kier molecular flexibility index (Phi) is 4.64. The summed E-state index contributed by atoms with van der Waals surface area (Å²) in [5.41, 5.74) is 5.83. The number of thiocarbonyl (C=S) groups is 1. The molecule has 1 amide bonds. The summed E-state index contributed by atoms with van der Waals surface area (Å²) in [7, 11) is 0. The van der Waals surface area contributed by atoms with Gasteiger partial charge in [0.25, 0.3) is 5.91 Å². The van der Waals surface area contributed by atoms with Gasteiger partial charge in [0.15, 0.2) is 0 Å². The summed E-state index contributed by atoms with van der Waals surface area (Å²) in [6.45, 7) is 2.63. The zero-order valence-corrected chi connectivity index (χ0v) is 10.4. The van der Waals surface area contributed by atoms with Gasteiger partial charge in [-0.2, -0.15) is 0 Å². The van der Waals surface area contributed by atoms with Crippen LogP contribution in [0.15, 0.2) is 18.5 Å². The number of carbonyl (C=O) groups excluding carboxylic acids is 1. The molecule has 0 unspecified atom stereocenters. The molecule has 0 atom stereocenters. The first-order chi connectivity index (χ1) is 7.56. The predicted octanol–water partition coefficient (Wildman–Crippen LogP) is 1.48. The normalized spacial score (nSPS) is 9.88. The summed E-state index contributed by atoms with van der Waals surface area (Å²) >= 11 is 10.7. The van der Waals surface area contributed by atoms with Crippen molar-refractivity contribution in [2.24, 2.45) is 5.73 Å². The Labute approximate surface area is 104 Å². The van der Waals surface area contributed by atoms with Crippen LogP contribution in [0.25, 0.3) is 0 Å². The Hall–Kier alpha value is -1.20. The lowest BCUT2D eigenvalue weighted by Crippen LogP contribution is -2.37. The molecule has 2 N–H and O–H groups in total. The number of carbonyl (C=O) groups is 1. The third-order valence-corrected chi connectivity index (χ3v) is 2.45. The average Bonchev–Trinajstić information content (AvgIpc) is 2.25. The van der Waals surface area contributed by atoms with Crippen LogP contribution in [0.5, 0.6) is 0 Å². The highest BCUT2D eigenvalue weighted by Gasteiger charge is 2.17. The smallest absolute Gasteiger partial charge is 0.255 e. The second-order valence-electron chi connectivity index (χ2n) is 3.14. The average molecular weight is 258 g/mol. The molecule has 0 aliphatic heterocycles. The standard InChI is InChI=1S/C10H12ClN3OS/c1-2-14(6-9(12)16)10(15)7-3-4-13-5-8(7)11/h3-5H,2,6H2,1H3,(H2,12,16). The lowest BCUT2D eigenvalue weighted by molar-refractivity contribution is 0.0788. The molecule has 0 bridgehead atoms. The Balaban J connectivity index is 2.91. The molecule has 1 aromatic heterocycles.